The summed E-state index contributed by atoms with van der Waals surface area (Å²) in [5.41, 5.74) is 2.39. The normalized spacial score (nSPS) is 10.8. The molecule has 2 nitrogen and oxygen atoms in total. The second-order valence-corrected chi connectivity index (χ2v) is 6.31. The van der Waals surface area contributed by atoms with Crippen LogP contribution in [0.5, 0.6) is 0 Å². The lowest BCUT2D eigenvalue weighted by Crippen LogP contribution is -2.18. The van der Waals surface area contributed by atoms with E-state index in [1.165, 1.54) is 10.5 Å². The number of hydrogen-bond donors (Lipinski definition) is 1. The number of benzene rings is 2. The van der Waals surface area contributed by atoms with E-state index in [1.54, 1.807) is 18.9 Å². The van der Waals surface area contributed by atoms with Gasteiger partial charge in [0.2, 0.25) is 0 Å². The maximum absolute atomic E-state index is 6.36. The monoisotopic (exact) mass is 321 g/mol. The van der Waals surface area contributed by atoms with Crippen LogP contribution in [0, 0.1) is 6.92 Å². The van der Waals surface area contributed by atoms with Crippen LogP contribution in [0.4, 0.5) is 0 Å². The molecule has 0 saturated carbocycles. The Morgan fingerprint density at radius 3 is 2.71 bits per heavy atom. The van der Waals surface area contributed by atoms with Gasteiger partial charge in [0.1, 0.15) is 0 Å². The Kier molecular flexibility index (Phi) is 6.58. The van der Waals surface area contributed by atoms with Gasteiger partial charge in [-0.1, -0.05) is 47.6 Å². The molecular weight excluding hydrogens is 302 g/mol. The van der Waals surface area contributed by atoms with Gasteiger partial charge in [-0.3, -0.25) is 0 Å². The largest absolute Gasteiger partial charge is 0.383 e. The molecular formula is C17H20ClNOS. The fourth-order valence-electron chi connectivity index (χ4n) is 1.93. The van der Waals surface area contributed by atoms with Crippen LogP contribution in [0.3, 0.4) is 0 Å². The molecule has 0 radical (unpaired) electrons. The highest BCUT2D eigenvalue weighted by atomic mass is 35.5. The third-order valence-electron chi connectivity index (χ3n) is 3.14. The molecule has 21 heavy (non-hydrogen) atoms. The molecule has 0 aromatic heterocycles. The average molecular weight is 322 g/mol. The molecule has 0 aliphatic heterocycles. The lowest BCUT2D eigenvalue weighted by atomic mass is 10.2. The van der Waals surface area contributed by atoms with Crippen molar-refractivity contribution in [1.29, 1.82) is 0 Å². The minimum atomic E-state index is 0.707. The van der Waals surface area contributed by atoms with Crippen LogP contribution < -0.4 is 5.32 Å². The van der Waals surface area contributed by atoms with Gasteiger partial charge in [-0.15, -0.1) is 0 Å². The minimum Gasteiger partial charge on any atom is -0.383 e. The number of aryl methyl sites for hydroxylation is 1. The standard InChI is InChI=1S/C17H20ClNOS/c1-13-5-3-4-6-17(13)21-15-8-7-14(16(18)11-15)12-19-9-10-20-2/h3-8,11,19H,9-10,12H2,1-2H3. The molecule has 0 heterocycles. The van der Waals surface area contributed by atoms with Crippen LogP contribution in [-0.2, 0) is 11.3 Å². The zero-order valence-corrected chi connectivity index (χ0v) is 13.9. The van der Waals surface area contributed by atoms with Crippen LogP contribution >= 0.6 is 23.4 Å². The molecule has 0 amide bonds. The van der Waals surface area contributed by atoms with Gasteiger partial charge < -0.3 is 10.1 Å². The first-order valence-electron chi connectivity index (χ1n) is 6.92. The highest BCUT2D eigenvalue weighted by Gasteiger charge is 2.05. The second-order valence-electron chi connectivity index (χ2n) is 4.79. The summed E-state index contributed by atoms with van der Waals surface area (Å²) in [6, 6.07) is 14.6. The van der Waals surface area contributed by atoms with Crippen molar-refractivity contribution in [2.24, 2.45) is 0 Å². The number of methoxy groups -OCH3 is 1. The third-order valence-corrected chi connectivity index (χ3v) is 4.66. The molecule has 112 valence electrons. The van der Waals surface area contributed by atoms with Gasteiger partial charge in [0.05, 0.1) is 6.61 Å². The lowest BCUT2D eigenvalue weighted by Gasteiger charge is -2.09. The van der Waals surface area contributed by atoms with E-state index in [0.717, 1.165) is 28.6 Å². The predicted octanol–water partition coefficient (Wildman–Crippen LogP) is 4.54. The maximum Gasteiger partial charge on any atom is 0.0587 e. The van der Waals surface area contributed by atoms with E-state index in [2.05, 4.69) is 48.6 Å². The Morgan fingerprint density at radius 2 is 2.00 bits per heavy atom. The molecule has 0 spiro atoms. The summed E-state index contributed by atoms with van der Waals surface area (Å²) in [7, 11) is 1.70. The van der Waals surface area contributed by atoms with Crippen molar-refractivity contribution in [1.82, 2.24) is 5.32 Å². The van der Waals surface area contributed by atoms with Crippen molar-refractivity contribution in [3.05, 3.63) is 58.6 Å². The van der Waals surface area contributed by atoms with Crippen molar-refractivity contribution in [3.8, 4) is 0 Å². The molecule has 0 bridgehead atoms. The van der Waals surface area contributed by atoms with Crippen LogP contribution in [0.15, 0.2) is 52.3 Å². The Hall–Kier alpha value is -1.00. The van der Waals surface area contributed by atoms with Crippen molar-refractivity contribution in [2.75, 3.05) is 20.3 Å². The molecule has 0 saturated heterocycles. The first-order chi connectivity index (χ1) is 10.2. The summed E-state index contributed by atoms with van der Waals surface area (Å²) in [6.45, 7) is 4.42. The molecule has 4 heteroatoms. The molecule has 2 rings (SSSR count). The summed E-state index contributed by atoms with van der Waals surface area (Å²) in [6.07, 6.45) is 0. The SMILES string of the molecule is COCCNCc1ccc(Sc2ccccc2C)cc1Cl. The number of hydrogen-bond acceptors (Lipinski definition) is 3. The molecule has 1 N–H and O–H groups in total. The van der Waals surface area contributed by atoms with Crippen molar-refractivity contribution >= 4 is 23.4 Å². The molecule has 0 aliphatic carbocycles. The van der Waals surface area contributed by atoms with E-state index < -0.39 is 0 Å². The van der Waals surface area contributed by atoms with Crippen molar-refractivity contribution in [2.45, 2.75) is 23.3 Å². The van der Waals surface area contributed by atoms with Crippen molar-refractivity contribution in [3.63, 3.8) is 0 Å². The highest BCUT2D eigenvalue weighted by Crippen LogP contribution is 2.32. The van der Waals surface area contributed by atoms with Crippen LogP contribution in [-0.4, -0.2) is 20.3 Å². The van der Waals surface area contributed by atoms with Crippen LogP contribution in [0.2, 0.25) is 5.02 Å². The van der Waals surface area contributed by atoms with E-state index in [1.807, 2.05) is 6.07 Å². The van der Waals surface area contributed by atoms with Crippen LogP contribution in [0.1, 0.15) is 11.1 Å². The Labute approximate surface area is 135 Å². The summed E-state index contributed by atoms with van der Waals surface area (Å²) in [5.74, 6) is 0. The van der Waals surface area contributed by atoms with E-state index in [-0.39, 0.29) is 0 Å². The topological polar surface area (TPSA) is 21.3 Å². The minimum absolute atomic E-state index is 0.707. The summed E-state index contributed by atoms with van der Waals surface area (Å²) < 4.78 is 5.01. The molecule has 0 unspecified atom stereocenters. The zero-order chi connectivity index (χ0) is 15.1. The maximum atomic E-state index is 6.36. The van der Waals surface area contributed by atoms with Gasteiger partial charge in [-0.25, -0.2) is 0 Å². The predicted molar refractivity (Wildman–Crippen MR) is 90.3 cm³/mol. The van der Waals surface area contributed by atoms with Crippen LogP contribution in [0.25, 0.3) is 0 Å². The zero-order valence-electron chi connectivity index (χ0n) is 12.4. The Morgan fingerprint density at radius 1 is 1.19 bits per heavy atom. The van der Waals surface area contributed by atoms with Crippen molar-refractivity contribution < 1.29 is 4.74 Å². The van der Waals surface area contributed by atoms with Gasteiger partial charge in [0.15, 0.2) is 0 Å². The molecule has 0 fully saturated rings. The Balaban J connectivity index is 2.00. The van der Waals surface area contributed by atoms with Gasteiger partial charge >= 0.3 is 0 Å². The van der Waals surface area contributed by atoms with E-state index >= 15 is 0 Å². The van der Waals surface area contributed by atoms with Gasteiger partial charge in [-0.2, -0.15) is 0 Å². The number of halogens is 1. The lowest BCUT2D eigenvalue weighted by molar-refractivity contribution is 0.199. The second kappa shape index (κ2) is 8.44. The first kappa shape index (κ1) is 16.4. The number of nitrogens with one attached hydrogen (secondary N) is 1. The summed E-state index contributed by atoms with van der Waals surface area (Å²) in [5, 5.41) is 4.11. The number of ether oxygens (including phenoxy) is 1. The molecule has 2 aromatic carbocycles. The molecule has 0 aliphatic rings. The van der Waals surface area contributed by atoms with E-state index in [4.69, 9.17) is 16.3 Å². The van der Waals surface area contributed by atoms with Gasteiger partial charge in [0, 0.05) is 35.0 Å². The van der Waals surface area contributed by atoms with Gasteiger partial charge in [-0.05, 0) is 36.2 Å². The van der Waals surface area contributed by atoms with E-state index in [9.17, 15) is 0 Å². The first-order valence-corrected chi connectivity index (χ1v) is 8.11. The highest BCUT2D eigenvalue weighted by molar-refractivity contribution is 7.99. The Bertz CT molecular complexity index is 589. The smallest absolute Gasteiger partial charge is 0.0587 e. The quantitative estimate of drug-likeness (QED) is 0.757. The molecule has 2 aromatic rings. The molecule has 0 atom stereocenters. The summed E-state index contributed by atoms with van der Waals surface area (Å²) >= 11 is 8.11. The summed E-state index contributed by atoms with van der Waals surface area (Å²) in [4.78, 5) is 2.43. The third kappa shape index (κ3) is 5.04. The average Bonchev–Trinajstić information content (AvgIpc) is 2.48. The fraction of sp³-hybridized carbons (Fsp3) is 0.294. The van der Waals surface area contributed by atoms with E-state index in [0.29, 0.717) is 6.61 Å². The number of rotatable bonds is 7. The fourth-order valence-corrected chi connectivity index (χ4v) is 3.18. The van der Waals surface area contributed by atoms with Gasteiger partial charge in [0.25, 0.3) is 0 Å².